The summed E-state index contributed by atoms with van der Waals surface area (Å²) in [5.74, 6) is 5.76. The standard InChI is InChI=1S/C11H17N5O2S/c1-8-6-10(19-7-9(17)15-12)14-11(13-8)16-2-4-18-5-3-16/h6H,2-5,7,12H2,1H3,(H,15,17). The molecule has 3 N–H and O–H groups in total. The van der Waals surface area contributed by atoms with E-state index in [-0.39, 0.29) is 11.7 Å². The van der Waals surface area contributed by atoms with Crippen LogP contribution < -0.4 is 16.2 Å². The number of nitrogens with zero attached hydrogens (tertiary/aromatic N) is 3. The predicted octanol–water partition coefficient (Wildman–Crippen LogP) is -0.296. The minimum absolute atomic E-state index is 0.228. The fraction of sp³-hybridized carbons (Fsp3) is 0.545. The van der Waals surface area contributed by atoms with Crippen molar-refractivity contribution in [3.8, 4) is 0 Å². The minimum Gasteiger partial charge on any atom is -0.378 e. The van der Waals surface area contributed by atoms with Gasteiger partial charge in [-0.1, -0.05) is 11.8 Å². The zero-order chi connectivity index (χ0) is 13.7. The fourth-order valence-electron chi connectivity index (χ4n) is 1.68. The van der Waals surface area contributed by atoms with Gasteiger partial charge in [-0.15, -0.1) is 0 Å². The summed E-state index contributed by atoms with van der Waals surface area (Å²) in [4.78, 5) is 22.1. The lowest BCUT2D eigenvalue weighted by Gasteiger charge is -2.27. The highest BCUT2D eigenvalue weighted by Gasteiger charge is 2.15. The molecule has 2 heterocycles. The van der Waals surface area contributed by atoms with Gasteiger partial charge in [-0.05, 0) is 13.0 Å². The number of aromatic nitrogens is 2. The molecule has 1 fully saturated rings. The van der Waals surface area contributed by atoms with E-state index in [1.807, 2.05) is 13.0 Å². The van der Waals surface area contributed by atoms with E-state index in [1.54, 1.807) is 0 Å². The molecule has 1 amide bonds. The Bertz CT molecular complexity index is 451. The van der Waals surface area contributed by atoms with E-state index in [4.69, 9.17) is 10.6 Å². The topological polar surface area (TPSA) is 93.4 Å². The molecule has 8 heteroatoms. The number of morpholine rings is 1. The molecule has 0 radical (unpaired) electrons. The number of carbonyl (C=O) groups is 1. The van der Waals surface area contributed by atoms with E-state index >= 15 is 0 Å². The first-order chi connectivity index (χ1) is 9.19. The van der Waals surface area contributed by atoms with Crippen LogP contribution in [0.25, 0.3) is 0 Å². The number of rotatable bonds is 4. The van der Waals surface area contributed by atoms with Crippen LogP contribution in [0.4, 0.5) is 5.95 Å². The third kappa shape index (κ3) is 4.05. The molecule has 0 bridgehead atoms. The summed E-state index contributed by atoms with van der Waals surface area (Å²) in [5, 5.41) is 0.776. The van der Waals surface area contributed by atoms with Gasteiger partial charge in [-0.25, -0.2) is 15.8 Å². The van der Waals surface area contributed by atoms with Gasteiger partial charge in [0.05, 0.1) is 19.0 Å². The summed E-state index contributed by atoms with van der Waals surface area (Å²) in [6, 6.07) is 1.86. The summed E-state index contributed by atoms with van der Waals surface area (Å²) in [7, 11) is 0. The quantitative estimate of drug-likeness (QED) is 0.258. The molecule has 0 aromatic carbocycles. The van der Waals surface area contributed by atoms with E-state index in [2.05, 4.69) is 20.3 Å². The van der Waals surface area contributed by atoms with Crippen molar-refractivity contribution in [2.75, 3.05) is 37.0 Å². The normalized spacial score (nSPS) is 15.4. The number of aryl methyl sites for hydroxylation is 1. The zero-order valence-corrected chi connectivity index (χ0v) is 11.6. The second-order valence-electron chi connectivity index (χ2n) is 4.10. The number of ether oxygens (including phenoxy) is 1. The number of hydrazine groups is 1. The van der Waals surface area contributed by atoms with E-state index in [0.29, 0.717) is 19.2 Å². The van der Waals surface area contributed by atoms with Gasteiger partial charge in [-0.3, -0.25) is 10.2 Å². The number of carbonyl (C=O) groups excluding carboxylic acids is 1. The third-order valence-electron chi connectivity index (χ3n) is 2.62. The Balaban J connectivity index is 2.07. The highest BCUT2D eigenvalue weighted by molar-refractivity contribution is 7.99. The smallest absolute Gasteiger partial charge is 0.244 e. The average Bonchev–Trinajstić information content (AvgIpc) is 2.45. The fourth-order valence-corrected chi connectivity index (χ4v) is 2.45. The van der Waals surface area contributed by atoms with Crippen LogP contribution in [-0.2, 0) is 9.53 Å². The summed E-state index contributed by atoms with van der Waals surface area (Å²) < 4.78 is 5.31. The molecule has 0 saturated carbocycles. The van der Waals surface area contributed by atoms with Gasteiger partial charge in [0.2, 0.25) is 11.9 Å². The molecular weight excluding hydrogens is 266 g/mol. The molecule has 1 saturated heterocycles. The van der Waals surface area contributed by atoms with Gasteiger partial charge in [0.15, 0.2) is 0 Å². The molecule has 0 spiro atoms. The van der Waals surface area contributed by atoms with Crippen LogP contribution in [0.5, 0.6) is 0 Å². The second-order valence-corrected chi connectivity index (χ2v) is 5.10. The van der Waals surface area contributed by atoms with Gasteiger partial charge in [0, 0.05) is 18.8 Å². The van der Waals surface area contributed by atoms with Crippen LogP contribution >= 0.6 is 11.8 Å². The lowest BCUT2D eigenvalue weighted by molar-refractivity contribution is -0.118. The SMILES string of the molecule is Cc1cc(SCC(=O)NN)nc(N2CCOCC2)n1. The Morgan fingerprint density at radius 2 is 2.26 bits per heavy atom. The van der Waals surface area contributed by atoms with Gasteiger partial charge in [0.25, 0.3) is 0 Å². The van der Waals surface area contributed by atoms with Gasteiger partial charge >= 0.3 is 0 Å². The van der Waals surface area contributed by atoms with Crippen molar-refractivity contribution in [2.24, 2.45) is 5.84 Å². The molecule has 0 unspecified atom stereocenters. The Morgan fingerprint density at radius 3 is 2.95 bits per heavy atom. The maximum atomic E-state index is 11.1. The van der Waals surface area contributed by atoms with Crippen molar-refractivity contribution in [2.45, 2.75) is 11.9 Å². The van der Waals surface area contributed by atoms with Gasteiger partial charge in [0.1, 0.15) is 5.03 Å². The van der Waals surface area contributed by atoms with Crippen molar-refractivity contribution in [1.82, 2.24) is 15.4 Å². The largest absolute Gasteiger partial charge is 0.378 e. The Kier molecular flexibility index (Phi) is 4.94. The van der Waals surface area contributed by atoms with E-state index in [9.17, 15) is 4.79 Å². The monoisotopic (exact) mass is 283 g/mol. The lowest BCUT2D eigenvalue weighted by atomic mass is 10.4. The second kappa shape index (κ2) is 6.69. The van der Waals surface area contributed by atoms with Crippen molar-refractivity contribution in [1.29, 1.82) is 0 Å². The Hall–Kier alpha value is -1.38. The minimum atomic E-state index is -0.228. The molecule has 0 aliphatic carbocycles. The number of anilines is 1. The lowest BCUT2D eigenvalue weighted by Crippen LogP contribution is -2.37. The predicted molar refractivity (Wildman–Crippen MR) is 72.9 cm³/mol. The highest BCUT2D eigenvalue weighted by atomic mass is 32.2. The highest BCUT2D eigenvalue weighted by Crippen LogP contribution is 2.20. The summed E-state index contributed by atoms with van der Waals surface area (Å²) in [6.07, 6.45) is 0. The molecule has 7 nitrogen and oxygen atoms in total. The number of amides is 1. The Morgan fingerprint density at radius 1 is 1.53 bits per heavy atom. The maximum absolute atomic E-state index is 11.1. The van der Waals surface area contributed by atoms with Crippen molar-refractivity contribution in [3.05, 3.63) is 11.8 Å². The molecule has 1 aromatic heterocycles. The van der Waals surface area contributed by atoms with Crippen LogP contribution in [-0.4, -0.2) is 47.9 Å². The first-order valence-corrected chi connectivity index (χ1v) is 6.98. The van der Waals surface area contributed by atoms with Crippen molar-refractivity contribution >= 4 is 23.6 Å². The number of nitrogens with one attached hydrogen (secondary N) is 1. The number of nitrogens with two attached hydrogens (primary N) is 1. The van der Waals surface area contributed by atoms with E-state index < -0.39 is 0 Å². The maximum Gasteiger partial charge on any atom is 0.244 e. The van der Waals surface area contributed by atoms with Crippen LogP contribution in [0.1, 0.15) is 5.69 Å². The van der Waals surface area contributed by atoms with Gasteiger partial charge < -0.3 is 9.64 Å². The molecule has 0 atom stereocenters. The first kappa shape index (κ1) is 14.0. The van der Waals surface area contributed by atoms with E-state index in [0.717, 1.165) is 23.8 Å². The number of thioether (sulfide) groups is 1. The third-order valence-corrected chi connectivity index (χ3v) is 3.54. The molecule has 104 valence electrons. The zero-order valence-electron chi connectivity index (χ0n) is 10.8. The van der Waals surface area contributed by atoms with Crippen LogP contribution in [0.2, 0.25) is 0 Å². The van der Waals surface area contributed by atoms with Crippen LogP contribution in [0, 0.1) is 6.92 Å². The van der Waals surface area contributed by atoms with Crippen molar-refractivity contribution < 1.29 is 9.53 Å². The number of hydrogen-bond donors (Lipinski definition) is 2. The van der Waals surface area contributed by atoms with E-state index in [1.165, 1.54) is 11.8 Å². The van der Waals surface area contributed by atoms with Gasteiger partial charge in [-0.2, -0.15) is 0 Å². The average molecular weight is 283 g/mol. The molecule has 1 aromatic rings. The Labute approximate surface area is 115 Å². The molecule has 2 rings (SSSR count). The van der Waals surface area contributed by atoms with Crippen LogP contribution in [0.3, 0.4) is 0 Å². The molecule has 1 aliphatic heterocycles. The van der Waals surface area contributed by atoms with Crippen LogP contribution in [0.15, 0.2) is 11.1 Å². The first-order valence-electron chi connectivity index (χ1n) is 5.99. The molecular formula is C11H17N5O2S. The molecule has 19 heavy (non-hydrogen) atoms. The van der Waals surface area contributed by atoms with Crippen molar-refractivity contribution in [3.63, 3.8) is 0 Å². The number of hydrogen-bond acceptors (Lipinski definition) is 7. The summed E-state index contributed by atoms with van der Waals surface area (Å²) >= 11 is 1.34. The molecule has 1 aliphatic rings. The summed E-state index contributed by atoms with van der Waals surface area (Å²) in [5.41, 5.74) is 2.98. The summed E-state index contributed by atoms with van der Waals surface area (Å²) in [6.45, 7) is 4.87.